The minimum atomic E-state index is -0.661. The minimum absolute atomic E-state index is 0.207. The molecule has 0 bridgehead atoms. The summed E-state index contributed by atoms with van der Waals surface area (Å²) in [7, 11) is 0. The van der Waals surface area contributed by atoms with Gasteiger partial charge in [0.15, 0.2) is 0 Å². The zero-order valence-electron chi connectivity index (χ0n) is 11.9. The lowest BCUT2D eigenvalue weighted by Gasteiger charge is -2.45. The van der Waals surface area contributed by atoms with Crippen LogP contribution in [0.5, 0.6) is 0 Å². The predicted octanol–water partition coefficient (Wildman–Crippen LogP) is 3.03. The molecule has 1 aromatic carbocycles. The minimum Gasteiger partial charge on any atom is -0.389 e. The van der Waals surface area contributed by atoms with E-state index in [2.05, 4.69) is 4.90 Å². The fourth-order valence-electron chi connectivity index (χ4n) is 3.55. The molecule has 20 heavy (non-hydrogen) atoms. The van der Waals surface area contributed by atoms with E-state index in [0.717, 1.165) is 12.8 Å². The van der Waals surface area contributed by atoms with Crippen molar-refractivity contribution in [2.45, 2.75) is 50.9 Å². The van der Waals surface area contributed by atoms with Crippen molar-refractivity contribution < 1.29 is 14.2 Å². The summed E-state index contributed by atoms with van der Waals surface area (Å²) in [6.07, 6.45) is 4.00. The first-order valence-electron chi connectivity index (χ1n) is 7.53. The van der Waals surface area contributed by atoms with Gasteiger partial charge in [0.1, 0.15) is 5.82 Å². The standard InChI is InChI=1S/C16H22FNO2/c1-11(19)12-5-4-6-13(17)16(12)18-9-10-20-15-8-3-2-7-14(15)18/h4-6,11,14-15,19H,2-3,7-10H2,1H3/t11-,14?,15?/m0/s1. The third-order valence-corrected chi connectivity index (χ3v) is 4.49. The van der Waals surface area contributed by atoms with E-state index in [1.807, 2.05) is 6.07 Å². The van der Waals surface area contributed by atoms with Gasteiger partial charge in [-0.25, -0.2) is 4.39 Å². The van der Waals surface area contributed by atoms with Crippen LogP contribution in [0.25, 0.3) is 0 Å². The van der Waals surface area contributed by atoms with Crippen molar-refractivity contribution in [2.75, 3.05) is 18.1 Å². The van der Waals surface area contributed by atoms with Gasteiger partial charge in [-0.05, 0) is 25.8 Å². The summed E-state index contributed by atoms with van der Waals surface area (Å²) in [6.45, 7) is 3.02. The summed E-state index contributed by atoms with van der Waals surface area (Å²) >= 11 is 0. The number of hydrogen-bond acceptors (Lipinski definition) is 3. The topological polar surface area (TPSA) is 32.7 Å². The third-order valence-electron chi connectivity index (χ3n) is 4.49. The monoisotopic (exact) mass is 279 g/mol. The lowest BCUT2D eigenvalue weighted by Crippen LogP contribution is -2.53. The molecule has 3 nitrogen and oxygen atoms in total. The van der Waals surface area contributed by atoms with Crippen molar-refractivity contribution in [2.24, 2.45) is 0 Å². The Kier molecular flexibility index (Phi) is 3.94. The maximum absolute atomic E-state index is 14.4. The second-order valence-corrected chi connectivity index (χ2v) is 5.81. The van der Waals surface area contributed by atoms with E-state index in [0.29, 0.717) is 24.4 Å². The largest absolute Gasteiger partial charge is 0.389 e. The van der Waals surface area contributed by atoms with E-state index in [1.54, 1.807) is 13.0 Å². The van der Waals surface area contributed by atoms with Gasteiger partial charge in [0.25, 0.3) is 0 Å². The van der Waals surface area contributed by atoms with E-state index in [-0.39, 0.29) is 18.0 Å². The molecule has 1 saturated carbocycles. The summed E-state index contributed by atoms with van der Waals surface area (Å²) in [5.41, 5.74) is 1.25. The molecule has 0 radical (unpaired) electrons. The van der Waals surface area contributed by atoms with Crippen LogP contribution in [-0.2, 0) is 4.74 Å². The van der Waals surface area contributed by atoms with Crippen LogP contribution in [0.3, 0.4) is 0 Å². The number of hydrogen-bond donors (Lipinski definition) is 1. The first-order chi connectivity index (χ1) is 9.68. The van der Waals surface area contributed by atoms with Gasteiger partial charge in [-0.1, -0.05) is 25.0 Å². The first kappa shape index (κ1) is 13.8. The molecule has 3 rings (SSSR count). The Hall–Kier alpha value is -1.13. The molecule has 2 aliphatic rings. The van der Waals surface area contributed by atoms with E-state index in [4.69, 9.17) is 4.74 Å². The molecule has 1 N–H and O–H groups in total. The van der Waals surface area contributed by atoms with Crippen molar-refractivity contribution in [3.63, 3.8) is 0 Å². The third kappa shape index (κ3) is 2.42. The molecule has 0 amide bonds. The fraction of sp³-hybridized carbons (Fsp3) is 0.625. The number of rotatable bonds is 2. The number of fused-ring (bicyclic) bond motifs is 1. The number of anilines is 1. The zero-order chi connectivity index (χ0) is 14.1. The van der Waals surface area contributed by atoms with Gasteiger partial charge in [-0.3, -0.25) is 0 Å². The Morgan fingerprint density at radius 2 is 2.15 bits per heavy atom. The van der Waals surface area contributed by atoms with Crippen LogP contribution in [-0.4, -0.2) is 30.4 Å². The van der Waals surface area contributed by atoms with Crippen LogP contribution in [0.4, 0.5) is 10.1 Å². The molecule has 4 heteroatoms. The maximum atomic E-state index is 14.4. The summed E-state index contributed by atoms with van der Waals surface area (Å²) in [6, 6.07) is 5.21. The molecule has 1 aliphatic heterocycles. The average Bonchev–Trinajstić information content (AvgIpc) is 2.46. The molecule has 0 spiro atoms. The smallest absolute Gasteiger partial charge is 0.146 e. The van der Waals surface area contributed by atoms with Crippen molar-refractivity contribution in [3.05, 3.63) is 29.6 Å². The molecule has 110 valence electrons. The summed E-state index contributed by atoms with van der Waals surface area (Å²) in [5, 5.41) is 9.93. The number of morpholine rings is 1. The highest BCUT2D eigenvalue weighted by Gasteiger charge is 2.36. The quantitative estimate of drug-likeness (QED) is 0.903. The molecule has 1 aromatic rings. The molecular formula is C16H22FNO2. The summed E-state index contributed by atoms with van der Waals surface area (Å²) in [4.78, 5) is 2.13. The highest BCUT2D eigenvalue weighted by atomic mass is 19.1. The number of benzene rings is 1. The number of para-hydroxylation sites is 1. The van der Waals surface area contributed by atoms with Crippen molar-refractivity contribution in [1.82, 2.24) is 0 Å². The normalized spacial score (nSPS) is 28.1. The Balaban J connectivity index is 1.98. The van der Waals surface area contributed by atoms with E-state index >= 15 is 0 Å². The molecule has 1 heterocycles. The van der Waals surface area contributed by atoms with Gasteiger partial charge in [0.2, 0.25) is 0 Å². The highest BCUT2D eigenvalue weighted by Crippen LogP contribution is 2.36. The second kappa shape index (κ2) is 5.70. The molecular weight excluding hydrogens is 257 g/mol. The molecule has 2 fully saturated rings. The van der Waals surface area contributed by atoms with Gasteiger partial charge >= 0.3 is 0 Å². The van der Waals surface area contributed by atoms with Gasteiger partial charge in [0.05, 0.1) is 30.5 Å². The van der Waals surface area contributed by atoms with Crippen LogP contribution >= 0.6 is 0 Å². The van der Waals surface area contributed by atoms with Crippen molar-refractivity contribution in [1.29, 1.82) is 0 Å². The molecule has 3 atom stereocenters. The van der Waals surface area contributed by atoms with Crippen LogP contribution in [0, 0.1) is 5.82 Å². The Morgan fingerprint density at radius 1 is 1.35 bits per heavy atom. The molecule has 2 unspecified atom stereocenters. The van der Waals surface area contributed by atoms with Crippen LogP contribution < -0.4 is 4.90 Å². The van der Waals surface area contributed by atoms with E-state index in [9.17, 15) is 9.50 Å². The van der Waals surface area contributed by atoms with Crippen molar-refractivity contribution >= 4 is 5.69 Å². The fourth-order valence-corrected chi connectivity index (χ4v) is 3.55. The number of aliphatic hydroxyl groups is 1. The van der Waals surface area contributed by atoms with Gasteiger partial charge in [-0.15, -0.1) is 0 Å². The predicted molar refractivity (Wildman–Crippen MR) is 76.4 cm³/mol. The Bertz CT molecular complexity index is 476. The highest BCUT2D eigenvalue weighted by molar-refractivity contribution is 5.57. The number of halogens is 1. The SMILES string of the molecule is C[C@H](O)c1cccc(F)c1N1CCOC2CCCCC21. The lowest BCUT2D eigenvalue weighted by atomic mass is 9.89. The number of nitrogens with zero attached hydrogens (tertiary/aromatic N) is 1. The van der Waals surface area contributed by atoms with Gasteiger partial charge in [-0.2, -0.15) is 0 Å². The number of aliphatic hydroxyl groups excluding tert-OH is 1. The molecule has 1 aliphatic carbocycles. The van der Waals surface area contributed by atoms with Crippen LogP contribution in [0.2, 0.25) is 0 Å². The van der Waals surface area contributed by atoms with Crippen molar-refractivity contribution in [3.8, 4) is 0 Å². The maximum Gasteiger partial charge on any atom is 0.146 e. The Labute approximate surface area is 119 Å². The van der Waals surface area contributed by atoms with E-state index in [1.165, 1.54) is 18.9 Å². The zero-order valence-corrected chi connectivity index (χ0v) is 11.9. The summed E-state index contributed by atoms with van der Waals surface area (Å²) in [5.74, 6) is -0.241. The first-order valence-corrected chi connectivity index (χ1v) is 7.53. The Morgan fingerprint density at radius 3 is 2.95 bits per heavy atom. The average molecular weight is 279 g/mol. The number of ether oxygens (including phenoxy) is 1. The summed E-state index contributed by atoms with van der Waals surface area (Å²) < 4.78 is 20.2. The molecule has 1 saturated heterocycles. The van der Waals surface area contributed by atoms with Crippen LogP contribution in [0.1, 0.15) is 44.3 Å². The lowest BCUT2D eigenvalue weighted by molar-refractivity contribution is -0.00912. The van der Waals surface area contributed by atoms with Gasteiger partial charge < -0.3 is 14.7 Å². The van der Waals surface area contributed by atoms with E-state index < -0.39 is 6.10 Å². The van der Waals surface area contributed by atoms with Crippen LogP contribution in [0.15, 0.2) is 18.2 Å². The molecule has 0 aromatic heterocycles. The van der Waals surface area contributed by atoms with Gasteiger partial charge in [0, 0.05) is 12.1 Å². The second-order valence-electron chi connectivity index (χ2n) is 5.81.